The fourth-order valence-corrected chi connectivity index (χ4v) is 2.27. The number of fused-ring (bicyclic) bond motifs is 1. The van der Waals surface area contributed by atoms with Crippen molar-refractivity contribution >= 4 is 0 Å². The first-order valence-corrected chi connectivity index (χ1v) is 5.01. The first kappa shape index (κ1) is 9.69. The van der Waals surface area contributed by atoms with E-state index in [0.29, 0.717) is 6.04 Å². The van der Waals surface area contributed by atoms with E-state index in [2.05, 4.69) is 43.3 Å². The Morgan fingerprint density at radius 1 is 1.29 bits per heavy atom. The molecule has 2 heteroatoms. The molecule has 0 spiro atoms. The van der Waals surface area contributed by atoms with Gasteiger partial charge in [0.25, 0.3) is 0 Å². The van der Waals surface area contributed by atoms with Crippen LogP contribution < -0.4 is 0 Å². The molecular formula is C12H17NO. The topological polar surface area (TPSA) is 12.5 Å². The van der Waals surface area contributed by atoms with Gasteiger partial charge in [-0.25, -0.2) is 0 Å². The highest BCUT2D eigenvalue weighted by Crippen LogP contribution is 2.35. The molecule has 0 bridgehead atoms. The molecule has 2 nitrogen and oxygen atoms in total. The van der Waals surface area contributed by atoms with Crippen LogP contribution in [0, 0.1) is 0 Å². The molecular weight excluding hydrogens is 174 g/mol. The van der Waals surface area contributed by atoms with Gasteiger partial charge < -0.3 is 9.64 Å². The van der Waals surface area contributed by atoms with Crippen LogP contribution in [0.3, 0.4) is 0 Å². The summed E-state index contributed by atoms with van der Waals surface area (Å²) < 4.78 is 5.57. The molecule has 2 rings (SSSR count). The molecule has 0 amide bonds. The quantitative estimate of drug-likeness (QED) is 0.707. The third-order valence-corrected chi connectivity index (χ3v) is 3.06. The van der Waals surface area contributed by atoms with Gasteiger partial charge in [0.2, 0.25) is 0 Å². The summed E-state index contributed by atoms with van der Waals surface area (Å²) in [5.74, 6) is 0. The lowest BCUT2D eigenvalue weighted by Crippen LogP contribution is -2.32. The second-order valence-corrected chi connectivity index (χ2v) is 4.09. The summed E-state index contributed by atoms with van der Waals surface area (Å²) in [5.41, 5.74) is 2.78. The Morgan fingerprint density at radius 3 is 2.64 bits per heavy atom. The van der Waals surface area contributed by atoms with Crippen molar-refractivity contribution in [3.8, 4) is 0 Å². The van der Waals surface area contributed by atoms with Gasteiger partial charge in [-0.3, -0.25) is 0 Å². The number of rotatable bonds is 2. The predicted octanol–water partition coefficient (Wildman–Crippen LogP) is 1.86. The molecule has 0 heterocycles. The predicted molar refractivity (Wildman–Crippen MR) is 57.4 cm³/mol. The molecule has 1 aromatic carbocycles. The van der Waals surface area contributed by atoms with Crippen LogP contribution in [0.15, 0.2) is 24.3 Å². The van der Waals surface area contributed by atoms with Crippen molar-refractivity contribution in [2.24, 2.45) is 0 Å². The second-order valence-electron chi connectivity index (χ2n) is 4.09. The number of likely N-dealkylation sites (N-methyl/N-ethyl adjacent to an activating group) is 1. The van der Waals surface area contributed by atoms with Crippen LogP contribution in [0.5, 0.6) is 0 Å². The van der Waals surface area contributed by atoms with Gasteiger partial charge in [-0.2, -0.15) is 0 Å². The lowest BCUT2D eigenvalue weighted by molar-refractivity contribution is 0.0428. The Bertz CT molecular complexity index is 322. The van der Waals surface area contributed by atoms with Gasteiger partial charge in [-0.1, -0.05) is 24.3 Å². The van der Waals surface area contributed by atoms with E-state index in [0.717, 1.165) is 6.42 Å². The summed E-state index contributed by atoms with van der Waals surface area (Å²) in [5, 5.41) is 0. The Labute approximate surface area is 85.5 Å². The van der Waals surface area contributed by atoms with Crippen molar-refractivity contribution in [3.63, 3.8) is 0 Å². The molecule has 0 aromatic heterocycles. The third kappa shape index (κ3) is 1.45. The molecule has 0 fully saturated rings. The third-order valence-electron chi connectivity index (χ3n) is 3.06. The van der Waals surface area contributed by atoms with E-state index in [-0.39, 0.29) is 6.10 Å². The summed E-state index contributed by atoms with van der Waals surface area (Å²) in [6, 6.07) is 9.04. The number of benzene rings is 1. The minimum atomic E-state index is 0.237. The summed E-state index contributed by atoms with van der Waals surface area (Å²) in [4.78, 5) is 2.24. The van der Waals surface area contributed by atoms with Crippen molar-refractivity contribution in [2.45, 2.75) is 18.6 Å². The molecule has 0 radical (unpaired) electrons. The molecule has 14 heavy (non-hydrogen) atoms. The average Bonchev–Trinajstić information content (AvgIpc) is 2.56. The van der Waals surface area contributed by atoms with E-state index in [1.807, 2.05) is 0 Å². The van der Waals surface area contributed by atoms with E-state index in [1.165, 1.54) is 11.1 Å². The zero-order valence-corrected chi connectivity index (χ0v) is 9.03. The van der Waals surface area contributed by atoms with Gasteiger partial charge in [0.05, 0.1) is 6.10 Å². The number of nitrogens with zero attached hydrogens (tertiary/aromatic N) is 1. The Hall–Kier alpha value is -0.860. The maximum atomic E-state index is 5.57. The summed E-state index contributed by atoms with van der Waals surface area (Å²) in [6.45, 7) is 0. The van der Waals surface area contributed by atoms with Gasteiger partial charge in [0, 0.05) is 13.2 Å². The molecule has 1 aromatic rings. The number of ether oxygens (including phenoxy) is 1. The second kappa shape index (κ2) is 3.71. The summed E-state index contributed by atoms with van der Waals surface area (Å²) >= 11 is 0. The van der Waals surface area contributed by atoms with E-state index in [9.17, 15) is 0 Å². The molecule has 1 aliphatic rings. The first-order chi connectivity index (χ1) is 6.74. The molecule has 2 atom stereocenters. The average molecular weight is 191 g/mol. The molecule has 2 unspecified atom stereocenters. The smallest absolute Gasteiger partial charge is 0.0981 e. The fourth-order valence-electron chi connectivity index (χ4n) is 2.27. The minimum Gasteiger partial charge on any atom is -0.375 e. The standard InChI is InChI=1S/C12H17NO/c1-13(2)11-8-9-6-4-5-7-10(9)12(11)14-3/h4-7,11-12H,8H2,1-3H3. The van der Waals surface area contributed by atoms with Crippen molar-refractivity contribution < 1.29 is 4.74 Å². The molecule has 0 saturated heterocycles. The van der Waals surface area contributed by atoms with Crippen LogP contribution in [-0.4, -0.2) is 32.1 Å². The van der Waals surface area contributed by atoms with Crippen molar-refractivity contribution in [1.82, 2.24) is 4.90 Å². The van der Waals surface area contributed by atoms with E-state index < -0.39 is 0 Å². The van der Waals surface area contributed by atoms with Crippen molar-refractivity contribution in [1.29, 1.82) is 0 Å². The van der Waals surface area contributed by atoms with Gasteiger partial charge in [0.1, 0.15) is 0 Å². The lowest BCUT2D eigenvalue weighted by atomic mass is 10.1. The van der Waals surface area contributed by atoms with Crippen LogP contribution in [0.1, 0.15) is 17.2 Å². The SMILES string of the molecule is COC1c2ccccc2CC1N(C)C. The summed E-state index contributed by atoms with van der Waals surface area (Å²) in [6.07, 6.45) is 1.34. The highest BCUT2D eigenvalue weighted by molar-refractivity contribution is 5.36. The number of hydrogen-bond donors (Lipinski definition) is 0. The zero-order chi connectivity index (χ0) is 10.1. The van der Waals surface area contributed by atoms with E-state index in [4.69, 9.17) is 4.74 Å². The Morgan fingerprint density at radius 2 is 2.00 bits per heavy atom. The molecule has 0 aliphatic heterocycles. The normalized spacial score (nSPS) is 25.4. The minimum absolute atomic E-state index is 0.237. The van der Waals surface area contributed by atoms with E-state index in [1.54, 1.807) is 7.11 Å². The van der Waals surface area contributed by atoms with Gasteiger partial charge in [-0.15, -0.1) is 0 Å². The fraction of sp³-hybridized carbons (Fsp3) is 0.500. The molecule has 76 valence electrons. The van der Waals surface area contributed by atoms with Crippen LogP contribution in [0.4, 0.5) is 0 Å². The van der Waals surface area contributed by atoms with Gasteiger partial charge >= 0.3 is 0 Å². The lowest BCUT2D eigenvalue weighted by Gasteiger charge is -2.25. The van der Waals surface area contributed by atoms with Gasteiger partial charge in [-0.05, 0) is 31.6 Å². The molecule has 0 N–H and O–H groups in total. The number of hydrogen-bond acceptors (Lipinski definition) is 2. The van der Waals surface area contributed by atoms with Crippen molar-refractivity contribution in [2.75, 3.05) is 21.2 Å². The summed E-state index contributed by atoms with van der Waals surface area (Å²) in [7, 11) is 6.02. The Kier molecular flexibility index (Phi) is 2.57. The van der Waals surface area contributed by atoms with Gasteiger partial charge in [0.15, 0.2) is 0 Å². The van der Waals surface area contributed by atoms with Crippen LogP contribution in [0.25, 0.3) is 0 Å². The Balaban J connectivity index is 2.34. The molecule has 1 aliphatic carbocycles. The van der Waals surface area contributed by atoms with Crippen LogP contribution >= 0.6 is 0 Å². The monoisotopic (exact) mass is 191 g/mol. The van der Waals surface area contributed by atoms with Crippen molar-refractivity contribution in [3.05, 3.63) is 35.4 Å². The highest BCUT2D eigenvalue weighted by Gasteiger charge is 2.33. The largest absolute Gasteiger partial charge is 0.375 e. The van der Waals surface area contributed by atoms with Crippen LogP contribution in [-0.2, 0) is 11.2 Å². The molecule has 0 saturated carbocycles. The maximum absolute atomic E-state index is 5.57. The van der Waals surface area contributed by atoms with E-state index >= 15 is 0 Å². The highest BCUT2D eigenvalue weighted by atomic mass is 16.5. The van der Waals surface area contributed by atoms with Crippen LogP contribution in [0.2, 0.25) is 0 Å². The maximum Gasteiger partial charge on any atom is 0.0981 e. The number of methoxy groups -OCH3 is 1. The zero-order valence-electron chi connectivity index (χ0n) is 9.03. The first-order valence-electron chi connectivity index (χ1n) is 5.01.